The summed E-state index contributed by atoms with van der Waals surface area (Å²) in [6.07, 6.45) is 3.74. The lowest BCUT2D eigenvalue weighted by Crippen LogP contribution is -2.43. The van der Waals surface area contributed by atoms with Crippen molar-refractivity contribution in [1.82, 2.24) is 19.9 Å². The predicted octanol–water partition coefficient (Wildman–Crippen LogP) is 4.44. The molecule has 0 bridgehead atoms. The highest BCUT2D eigenvalue weighted by atomic mass is 19.1. The van der Waals surface area contributed by atoms with Crippen molar-refractivity contribution in [3.05, 3.63) is 59.7 Å². The van der Waals surface area contributed by atoms with E-state index < -0.39 is 0 Å². The second-order valence-corrected chi connectivity index (χ2v) is 9.39. The minimum atomic E-state index is -0.305. The number of amides is 1. The van der Waals surface area contributed by atoms with Crippen molar-refractivity contribution in [2.45, 2.75) is 37.6 Å². The van der Waals surface area contributed by atoms with E-state index in [2.05, 4.69) is 15.0 Å². The summed E-state index contributed by atoms with van der Waals surface area (Å²) in [5, 5.41) is 4.09. The molecule has 2 fully saturated rings. The number of ether oxygens (including phenoxy) is 2. The number of likely N-dealkylation sites (tertiary alicyclic amines) is 2. The fourth-order valence-electron chi connectivity index (χ4n) is 5.28. The quantitative estimate of drug-likeness (QED) is 0.480. The minimum Gasteiger partial charge on any atom is -0.497 e. The highest BCUT2D eigenvalue weighted by Crippen LogP contribution is 2.39. The third-order valence-electron chi connectivity index (χ3n) is 7.13. The van der Waals surface area contributed by atoms with Gasteiger partial charge in [-0.2, -0.15) is 4.98 Å². The summed E-state index contributed by atoms with van der Waals surface area (Å²) < 4.78 is 29.7. The fourth-order valence-corrected chi connectivity index (χ4v) is 5.28. The number of halogens is 1. The third kappa shape index (κ3) is 5.06. The van der Waals surface area contributed by atoms with Gasteiger partial charge < -0.3 is 18.9 Å². The zero-order chi connectivity index (χ0) is 25.1. The first-order valence-electron chi connectivity index (χ1n) is 12.4. The summed E-state index contributed by atoms with van der Waals surface area (Å²) in [6.45, 7) is 2.62. The molecule has 9 heteroatoms. The first kappa shape index (κ1) is 24.2. The van der Waals surface area contributed by atoms with Crippen LogP contribution in [-0.2, 0) is 4.79 Å². The van der Waals surface area contributed by atoms with Gasteiger partial charge in [-0.3, -0.25) is 9.69 Å². The molecule has 2 saturated heterocycles. The van der Waals surface area contributed by atoms with Crippen molar-refractivity contribution < 1.29 is 23.2 Å². The zero-order valence-corrected chi connectivity index (χ0v) is 20.7. The Balaban J connectivity index is 1.24. The van der Waals surface area contributed by atoms with E-state index >= 15 is 0 Å². The Bertz CT molecular complexity index is 1200. The maximum atomic E-state index is 13.4. The first-order valence-corrected chi connectivity index (χ1v) is 12.4. The van der Waals surface area contributed by atoms with E-state index in [4.69, 9.17) is 14.0 Å². The van der Waals surface area contributed by atoms with Gasteiger partial charge in [-0.25, -0.2) is 4.39 Å². The van der Waals surface area contributed by atoms with Gasteiger partial charge >= 0.3 is 0 Å². The molecule has 1 amide bonds. The standard InChI is InChI=1S/C27H31FN4O4/c1-34-21-11-12-22(24(15-21)35-2)23-6-4-14-32(23)25(33)17-31-13-3-5-19(16-31)27-29-26(30-36-27)18-7-9-20(28)10-8-18/h7-12,15,19,23H,3-6,13-14,16-17H2,1-2H3. The average molecular weight is 495 g/mol. The molecule has 2 unspecified atom stereocenters. The predicted molar refractivity (Wildman–Crippen MR) is 131 cm³/mol. The van der Waals surface area contributed by atoms with E-state index in [9.17, 15) is 9.18 Å². The van der Waals surface area contributed by atoms with Crippen molar-refractivity contribution >= 4 is 5.91 Å². The number of carbonyl (C=O) groups is 1. The summed E-state index contributed by atoms with van der Waals surface area (Å²) in [4.78, 5) is 22.1. The maximum Gasteiger partial charge on any atom is 0.237 e. The summed E-state index contributed by atoms with van der Waals surface area (Å²) in [6, 6.07) is 11.8. The lowest BCUT2D eigenvalue weighted by Gasteiger charge is -2.33. The molecule has 2 aliphatic heterocycles. The Hall–Kier alpha value is -3.46. The number of nitrogens with zero attached hydrogens (tertiary/aromatic N) is 4. The third-order valence-corrected chi connectivity index (χ3v) is 7.13. The second kappa shape index (κ2) is 10.7. The molecule has 0 N–H and O–H groups in total. The Morgan fingerprint density at radius 1 is 1.08 bits per heavy atom. The highest BCUT2D eigenvalue weighted by Gasteiger charge is 2.34. The monoisotopic (exact) mass is 494 g/mol. The van der Waals surface area contributed by atoms with Crippen LogP contribution in [0.1, 0.15) is 49.1 Å². The minimum absolute atomic E-state index is 0.00634. The molecular weight excluding hydrogens is 463 g/mol. The van der Waals surface area contributed by atoms with Gasteiger partial charge in [-0.1, -0.05) is 5.16 Å². The second-order valence-electron chi connectivity index (χ2n) is 9.39. The van der Waals surface area contributed by atoms with Gasteiger partial charge in [0.15, 0.2) is 0 Å². The number of carbonyl (C=O) groups excluding carboxylic acids is 1. The average Bonchev–Trinajstić information content (AvgIpc) is 3.59. The number of aromatic nitrogens is 2. The zero-order valence-electron chi connectivity index (χ0n) is 20.7. The van der Waals surface area contributed by atoms with Crippen LogP contribution in [0.15, 0.2) is 47.0 Å². The van der Waals surface area contributed by atoms with Crippen LogP contribution in [0.3, 0.4) is 0 Å². The largest absolute Gasteiger partial charge is 0.497 e. The topological polar surface area (TPSA) is 80.9 Å². The van der Waals surface area contributed by atoms with Crippen LogP contribution < -0.4 is 9.47 Å². The van der Waals surface area contributed by atoms with Gasteiger partial charge in [0, 0.05) is 30.3 Å². The SMILES string of the molecule is COc1ccc(C2CCCN2C(=O)CN2CCCC(c3nc(-c4ccc(F)cc4)no3)C2)c(OC)c1. The van der Waals surface area contributed by atoms with E-state index in [1.54, 1.807) is 26.4 Å². The molecular formula is C27H31FN4O4. The molecule has 0 spiro atoms. The van der Waals surface area contributed by atoms with Crippen molar-refractivity contribution in [1.29, 1.82) is 0 Å². The summed E-state index contributed by atoms with van der Waals surface area (Å²) in [7, 11) is 3.27. The molecule has 0 aliphatic carbocycles. The number of hydrogen-bond acceptors (Lipinski definition) is 7. The Morgan fingerprint density at radius 3 is 2.67 bits per heavy atom. The molecule has 190 valence electrons. The molecule has 1 aromatic heterocycles. The van der Waals surface area contributed by atoms with E-state index in [1.807, 2.05) is 23.1 Å². The van der Waals surface area contributed by atoms with Gasteiger partial charge in [0.1, 0.15) is 17.3 Å². The van der Waals surface area contributed by atoms with Crippen LogP contribution in [-0.4, -0.2) is 66.2 Å². The summed E-state index contributed by atoms with van der Waals surface area (Å²) in [5.74, 6) is 2.36. The number of piperidine rings is 1. The molecule has 36 heavy (non-hydrogen) atoms. The normalized spacial score (nSPS) is 20.5. The lowest BCUT2D eigenvalue weighted by atomic mass is 9.98. The van der Waals surface area contributed by atoms with Crippen molar-refractivity contribution in [2.24, 2.45) is 0 Å². The maximum absolute atomic E-state index is 13.4. The van der Waals surface area contributed by atoms with Crippen molar-refractivity contribution in [3.8, 4) is 22.9 Å². The number of methoxy groups -OCH3 is 2. The summed E-state index contributed by atoms with van der Waals surface area (Å²) >= 11 is 0. The van der Waals surface area contributed by atoms with Crippen molar-refractivity contribution in [3.63, 3.8) is 0 Å². The molecule has 2 atom stereocenters. The van der Waals surface area contributed by atoms with Gasteiger partial charge in [0.05, 0.1) is 32.7 Å². The van der Waals surface area contributed by atoms with Crippen LogP contribution in [0.2, 0.25) is 0 Å². The van der Waals surface area contributed by atoms with Crippen LogP contribution >= 0.6 is 0 Å². The highest BCUT2D eigenvalue weighted by molar-refractivity contribution is 5.79. The summed E-state index contributed by atoms with van der Waals surface area (Å²) in [5.41, 5.74) is 1.73. The molecule has 8 nitrogen and oxygen atoms in total. The Kier molecular flexibility index (Phi) is 7.18. The molecule has 5 rings (SSSR count). The number of hydrogen-bond donors (Lipinski definition) is 0. The fraction of sp³-hybridized carbons (Fsp3) is 0.444. The van der Waals surface area contributed by atoms with E-state index in [0.717, 1.165) is 55.8 Å². The molecule has 0 radical (unpaired) electrons. The number of benzene rings is 2. The van der Waals surface area contributed by atoms with Gasteiger partial charge in [0.25, 0.3) is 0 Å². The van der Waals surface area contributed by atoms with Crippen molar-refractivity contribution in [2.75, 3.05) is 40.4 Å². The van der Waals surface area contributed by atoms with Gasteiger partial charge in [-0.15, -0.1) is 0 Å². The van der Waals surface area contributed by atoms with Crippen LogP contribution in [0.5, 0.6) is 11.5 Å². The molecule has 2 aromatic carbocycles. The van der Waals surface area contributed by atoms with E-state index in [1.165, 1.54) is 12.1 Å². The Morgan fingerprint density at radius 2 is 1.89 bits per heavy atom. The van der Waals surface area contributed by atoms with Gasteiger partial charge in [0.2, 0.25) is 17.6 Å². The van der Waals surface area contributed by atoms with E-state index in [-0.39, 0.29) is 23.7 Å². The van der Waals surface area contributed by atoms with E-state index in [0.29, 0.717) is 30.4 Å². The number of rotatable bonds is 7. The first-order chi connectivity index (χ1) is 17.6. The molecule has 3 heterocycles. The van der Waals surface area contributed by atoms with Crippen LogP contribution in [0.4, 0.5) is 4.39 Å². The molecule has 2 aliphatic rings. The smallest absolute Gasteiger partial charge is 0.237 e. The van der Waals surface area contributed by atoms with Gasteiger partial charge in [-0.05, 0) is 68.6 Å². The molecule has 0 saturated carbocycles. The Labute approximate surface area is 210 Å². The lowest BCUT2D eigenvalue weighted by molar-refractivity contribution is -0.133. The van der Waals surface area contributed by atoms with Crippen LogP contribution in [0, 0.1) is 5.82 Å². The van der Waals surface area contributed by atoms with Crippen LogP contribution in [0.25, 0.3) is 11.4 Å². The molecule has 3 aromatic rings.